The van der Waals surface area contributed by atoms with Gasteiger partial charge in [-0.1, -0.05) is 23.7 Å². The molecule has 0 spiro atoms. The van der Waals surface area contributed by atoms with Crippen molar-refractivity contribution in [1.82, 2.24) is 14.1 Å². The highest BCUT2D eigenvalue weighted by Crippen LogP contribution is 2.19. The van der Waals surface area contributed by atoms with E-state index in [-0.39, 0.29) is 5.56 Å². The molecule has 5 aromatic rings. The average molecular weight is 459 g/mol. The molecule has 0 saturated heterocycles. The molecule has 6 nitrogen and oxygen atoms in total. The summed E-state index contributed by atoms with van der Waals surface area (Å²) in [4.78, 5) is 18.1. The maximum atomic E-state index is 13.4. The highest BCUT2D eigenvalue weighted by molar-refractivity contribution is 7.07. The summed E-state index contributed by atoms with van der Waals surface area (Å²) in [5, 5.41) is 10.7. The average Bonchev–Trinajstić information content (AvgIpc) is 3.51. The lowest BCUT2D eigenvalue weighted by molar-refractivity contribution is 0.556. The molecule has 0 aliphatic heterocycles. The lowest BCUT2D eigenvalue weighted by atomic mass is 10.3. The quantitative estimate of drug-likeness (QED) is 0.414. The zero-order valence-corrected chi connectivity index (χ0v) is 18.4. The third kappa shape index (κ3) is 3.36. The molecule has 3 aromatic heterocycles. The van der Waals surface area contributed by atoms with Crippen LogP contribution in [0.5, 0.6) is 0 Å². The predicted molar refractivity (Wildman–Crippen MR) is 125 cm³/mol. The smallest absolute Gasteiger partial charge is 0.273 e. The lowest BCUT2D eigenvalue weighted by Crippen LogP contribution is -2.31. The second-order valence-electron chi connectivity index (χ2n) is 7.02. The largest absolute Gasteiger partial charge is 0.465 e. The second-order valence-corrected chi connectivity index (χ2v) is 8.49. The number of aromatic nitrogens is 3. The van der Waals surface area contributed by atoms with Gasteiger partial charge in [0.15, 0.2) is 5.82 Å². The molecule has 0 saturated carbocycles. The van der Waals surface area contributed by atoms with Crippen LogP contribution >= 0.6 is 22.9 Å². The summed E-state index contributed by atoms with van der Waals surface area (Å²) in [7, 11) is 1.86. The van der Waals surface area contributed by atoms with Crippen LogP contribution in [0.1, 0.15) is 11.6 Å². The van der Waals surface area contributed by atoms with Crippen molar-refractivity contribution in [2.24, 2.45) is 7.05 Å². The Hall–Kier alpha value is -3.86. The monoisotopic (exact) mass is 458 g/mol. The van der Waals surface area contributed by atoms with Crippen molar-refractivity contribution in [1.29, 1.82) is 5.26 Å². The SMILES string of the molecule is Cn1c(/C(C#N)=c2\s/c(=C/c3ccco3)c(=O)n2-c2ccc(Cl)cc2)nc2ccccc21. The molecule has 3 heterocycles. The number of furan rings is 1. The van der Waals surface area contributed by atoms with Crippen LogP contribution in [0.3, 0.4) is 0 Å². The molecule has 2 aromatic carbocycles. The molecule has 0 amide bonds. The Labute approximate surface area is 191 Å². The van der Waals surface area contributed by atoms with Crippen LogP contribution in [0.15, 0.2) is 76.1 Å². The zero-order chi connectivity index (χ0) is 22.2. The Morgan fingerprint density at radius 2 is 1.94 bits per heavy atom. The Morgan fingerprint density at radius 1 is 1.16 bits per heavy atom. The van der Waals surface area contributed by atoms with Gasteiger partial charge < -0.3 is 8.98 Å². The number of aryl methyl sites for hydroxylation is 1. The highest BCUT2D eigenvalue weighted by atomic mass is 35.5. The number of hydrogen-bond acceptors (Lipinski definition) is 5. The van der Waals surface area contributed by atoms with Crippen molar-refractivity contribution in [3.05, 3.63) is 103 Å². The van der Waals surface area contributed by atoms with Gasteiger partial charge in [0.25, 0.3) is 5.56 Å². The van der Waals surface area contributed by atoms with Crippen LogP contribution in [0, 0.1) is 11.3 Å². The summed E-state index contributed by atoms with van der Waals surface area (Å²) in [5.74, 6) is 1.04. The molecule has 32 heavy (non-hydrogen) atoms. The minimum Gasteiger partial charge on any atom is -0.465 e. The highest BCUT2D eigenvalue weighted by Gasteiger charge is 2.18. The van der Waals surface area contributed by atoms with Gasteiger partial charge in [0.05, 0.1) is 27.5 Å². The van der Waals surface area contributed by atoms with E-state index in [1.807, 2.05) is 35.9 Å². The second kappa shape index (κ2) is 8.00. The number of halogens is 1. The molecule has 8 heteroatoms. The summed E-state index contributed by atoms with van der Waals surface area (Å²) in [6, 6.07) is 20.4. The van der Waals surface area contributed by atoms with Crippen molar-refractivity contribution in [2.75, 3.05) is 0 Å². The molecule has 5 rings (SSSR count). The number of thiazole rings is 1. The molecule has 0 atom stereocenters. The van der Waals surface area contributed by atoms with Crippen LogP contribution < -0.4 is 14.8 Å². The fraction of sp³-hybridized carbons (Fsp3) is 0.0417. The summed E-state index contributed by atoms with van der Waals surface area (Å²) >= 11 is 7.27. The van der Waals surface area contributed by atoms with Crippen molar-refractivity contribution in [2.45, 2.75) is 0 Å². The van der Waals surface area contributed by atoms with Crippen LogP contribution in [-0.4, -0.2) is 14.1 Å². The third-order valence-corrected chi connectivity index (χ3v) is 6.41. The molecule has 0 N–H and O–H groups in total. The molecule has 0 aliphatic carbocycles. The van der Waals surface area contributed by atoms with E-state index >= 15 is 0 Å². The standard InChI is InChI=1S/C24H15ClN4O2S/c1-28-20-7-3-2-6-19(20)27-22(28)18(14-26)24-29(16-10-8-15(25)9-11-16)23(30)21(32-24)13-17-5-4-12-31-17/h2-13H,1H3/b21-13+,24-18-. The number of para-hydroxylation sites is 2. The van der Waals surface area contributed by atoms with E-state index < -0.39 is 0 Å². The maximum absolute atomic E-state index is 13.4. The van der Waals surface area contributed by atoms with Crippen molar-refractivity contribution < 1.29 is 4.42 Å². The first kappa shape index (κ1) is 20.1. The van der Waals surface area contributed by atoms with Crippen LogP contribution in [0.2, 0.25) is 5.02 Å². The predicted octanol–water partition coefficient (Wildman–Crippen LogP) is 3.58. The zero-order valence-electron chi connectivity index (χ0n) is 16.8. The van der Waals surface area contributed by atoms with E-state index in [2.05, 4.69) is 11.1 Å². The summed E-state index contributed by atoms with van der Waals surface area (Å²) in [6.07, 6.45) is 3.22. The van der Waals surface area contributed by atoms with Gasteiger partial charge in [-0.15, -0.1) is 11.3 Å². The summed E-state index contributed by atoms with van der Waals surface area (Å²) < 4.78 is 9.70. The van der Waals surface area contributed by atoms with Crippen LogP contribution in [0.4, 0.5) is 0 Å². The van der Waals surface area contributed by atoms with Gasteiger partial charge in [-0.2, -0.15) is 5.26 Å². The maximum Gasteiger partial charge on any atom is 0.273 e. The van der Waals surface area contributed by atoms with Gasteiger partial charge in [0.1, 0.15) is 22.1 Å². The van der Waals surface area contributed by atoms with Crippen molar-refractivity contribution >= 4 is 45.6 Å². The molecule has 0 aliphatic rings. The number of imidazole rings is 1. The van der Waals surface area contributed by atoms with E-state index in [0.717, 1.165) is 11.0 Å². The number of nitriles is 1. The fourth-order valence-electron chi connectivity index (χ4n) is 3.54. The Balaban J connectivity index is 1.90. The summed E-state index contributed by atoms with van der Waals surface area (Å²) in [6.45, 7) is 0. The normalized spacial score (nSPS) is 12.8. The van der Waals surface area contributed by atoms with E-state index in [1.165, 1.54) is 15.9 Å². The topological polar surface area (TPSA) is 76.8 Å². The molecule has 0 unspecified atom stereocenters. The van der Waals surface area contributed by atoms with E-state index in [0.29, 0.717) is 37.1 Å². The first-order valence-electron chi connectivity index (χ1n) is 9.66. The Morgan fingerprint density at radius 3 is 2.62 bits per heavy atom. The third-order valence-electron chi connectivity index (χ3n) is 5.06. The first-order valence-corrected chi connectivity index (χ1v) is 10.9. The molecular formula is C24H15ClN4O2S. The summed E-state index contributed by atoms with van der Waals surface area (Å²) in [5.41, 5.74) is 2.33. The Bertz CT molecular complexity index is 1670. The van der Waals surface area contributed by atoms with E-state index in [4.69, 9.17) is 16.0 Å². The number of rotatable bonds is 3. The molecule has 0 bridgehead atoms. The number of nitrogens with zero attached hydrogens (tertiary/aromatic N) is 4. The molecule has 0 radical (unpaired) electrons. The minimum absolute atomic E-state index is 0.254. The number of fused-ring (bicyclic) bond motifs is 1. The molecule has 0 fully saturated rings. The Kier molecular flexibility index (Phi) is 5.02. The van der Waals surface area contributed by atoms with Gasteiger partial charge in [-0.3, -0.25) is 9.36 Å². The minimum atomic E-state index is -0.254. The van der Waals surface area contributed by atoms with Crippen LogP contribution in [-0.2, 0) is 7.05 Å². The first-order chi connectivity index (χ1) is 15.6. The molecule has 156 valence electrons. The van der Waals surface area contributed by atoms with Gasteiger partial charge in [0.2, 0.25) is 0 Å². The van der Waals surface area contributed by atoms with Gasteiger partial charge >= 0.3 is 0 Å². The van der Waals surface area contributed by atoms with Crippen molar-refractivity contribution in [3.63, 3.8) is 0 Å². The number of benzene rings is 2. The van der Waals surface area contributed by atoms with Crippen LogP contribution in [0.25, 0.3) is 28.4 Å². The molecular weight excluding hydrogens is 444 g/mol. The van der Waals surface area contributed by atoms with Gasteiger partial charge in [-0.25, -0.2) is 4.98 Å². The van der Waals surface area contributed by atoms with E-state index in [1.54, 1.807) is 48.7 Å². The van der Waals surface area contributed by atoms with Gasteiger partial charge in [-0.05, 0) is 48.5 Å². The van der Waals surface area contributed by atoms with E-state index in [9.17, 15) is 10.1 Å². The number of hydrogen-bond donors (Lipinski definition) is 0. The lowest BCUT2D eigenvalue weighted by Gasteiger charge is -2.05. The van der Waals surface area contributed by atoms with Crippen molar-refractivity contribution in [3.8, 4) is 11.8 Å². The van der Waals surface area contributed by atoms with Gasteiger partial charge in [0, 0.05) is 18.1 Å². The fourth-order valence-corrected chi connectivity index (χ4v) is 4.75.